The number of likely N-dealkylation sites (N-methyl/N-ethyl adjacent to an activating group) is 2. The first kappa shape index (κ1) is 34.7. The summed E-state index contributed by atoms with van der Waals surface area (Å²) in [4.78, 5) is 56.9. The number of hydrogen-bond acceptors (Lipinski definition) is 12. The van der Waals surface area contributed by atoms with E-state index < -0.39 is 0 Å². The van der Waals surface area contributed by atoms with E-state index in [1.54, 1.807) is 48.5 Å². The van der Waals surface area contributed by atoms with E-state index in [9.17, 15) is 14.4 Å². The van der Waals surface area contributed by atoms with Crippen LogP contribution in [-0.2, 0) is 0 Å². The predicted octanol–water partition coefficient (Wildman–Crippen LogP) is 5.33. The van der Waals surface area contributed by atoms with Gasteiger partial charge in [-0.15, -0.1) is 0 Å². The molecule has 5 N–H and O–H groups in total. The van der Waals surface area contributed by atoms with E-state index >= 15 is 0 Å². The van der Waals surface area contributed by atoms with Gasteiger partial charge in [-0.1, -0.05) is 24.3 Å². The molecular weight excluding hydrogens is 644 g/mol. The molecule has 260 valence electrons. The van der Waals surface area contributed by atoms with Crippen LogP contribution in [0.4, 0.5) is 40.6 Å². The Labute approximate surface area is 296 Å². The largest absolute Gasteiger partial charge is 0.356 e. The number of rotatable bonds is 14. The second-order valence-corrected chi connectivity index (χ2v) is 12.6. The van der Waals surface area contributed by atoms with Gasteiger partial charge in [0.1, 0.15) is 0 Å². The normalized spacial score (nSPS) is 12.0. The van der Waals surface area contributed by atoms with Crippen LogP contribution < -0.4 is 26.6 Å². The number of aromatic nitrogens is 3. The van der Waals surface area contributed by atoms with Crippen LogP contribution in [0.5, 0.6) is 0 Å². The molecule has 1 heterocycles. The van der Waals surface area contributed by atoms with Crippen LogP contribution in [0, 0.1) is 0 Å². The summed E-state index contributed by atoms with van der Waals surface area (Å²) in [7, 11) is 8.05. The molecule has 0 atom stereocenters. The van der Waals surface area contributed by atoms with Gasteiger partial charge in [0, 0.05) is 76.7 Å². The van der Waals surface area contributed by atoms with E-state index in [2.05, 4.69) is 51.3 Å². The zero-order valence-electron chi connectivity index (χ0n) is 28.9. The first-order chi connectivity index (χ1) is 24.6. The number of nitrogens with zero attached hydrogens (tertiary/aromatic N) is 5. The predicted molar refractivity (Wildman–Crippen MR) is 201 cm³/mol. The van der Waals surface area contributed by atoms with Gasteiger partial charge >= 0.3 is 0 Å². The number of amides is 1. The van der Waals surface area contributed by atoms with Crippen LogP contribution in [0.3, 0.4) is 0 Å². The summed E-state index contributed by atoms with van der Waals surface area (Å²) >= 11 is 0. The third kappa shape index (κ3) is 8.71. The van der Waals surface area contributed by atoms with Crippen LogP contribution in [0.2, 0.25) is 0 Å². The van der Waals surface area contributed by atoms with Gasteiger partial charge in [-0.25, -0.2) is 0 Å². The quantitative estimate of drug-likeness (QED) is 0.101. The smallest absolute Gasteiger partial charge is 0.255 e. The first-order valence-electron chi connectivity index (χ1n) is 16.5. The van der Waals surface area contributed by atoms with Crippen LogP contribution in [0.25, 0.3) is 0 Å². The molecule has 1 amide bonds. The molecule has 4 aromatic carbocycles. The number of carbonyl (C=O) groups is 3. The molecule has 1 aliphatic carbocycles. The Morgan fingerprint density at radius 1 is 0.549 bits per heavy atom. The number of carbonyl (C=O) groups excluding carboxylic acids is 3. The van der Waals surface area contributed by atoms with Crippen molar-refractivity contribution < 1.29 is 14.4 Å². The van der Waals surface area contributed by atoms with E-state index in [-0.39, 0.29) is 28.6 Å². The van der Waals surface area contributed by atoms with Gasteiger partial charge in [0.25, 0.3) is 5.91 Å². The molecule has 13 nitrogen and oxygen atoms in total. The average Bonchev–Trinajstić information content (AvgIpc) is 3.11. The molecule has 0 fully saturated rings. The molecule has 0 radical (unpaired) electrons. The topological polar surface area (TPSA) is 157 Å². The fourth-order valence-electron chi connectivity index (χ4n) is 5.39. The van der Waals surface area contributed by atoms with Crippen molar-refractivity contribution in [3.8, 4) is 0 Å². The van der Waals surface area contributed by atoms with Crippen molar-refractivity contribution in [1.29, 1.82) is 0 Å². The molecule has 51 heavy (non-hydrogen) atoms. The van der Waals surface area contributed by atoms with Crippen molar-refractivity contribution in [3.63, 3.8) is 0 Å². The van der Waals surface area contributed by atoms with Crippen molar-refractivity contribution in [2.75, 3.05) is 81.0 Å². The molecule has 0 saturated carbocycles. The maximum atomic E-state index is 13.1. The highest BCUT2D eigenvalue weighted by Gasteiger charge is 2.30. The standard InChI is InChI=1S/C38H40N10O3/c1-47(2)21-19-39-36-44-37(40-20-22-48(3)4)46-38(45-36)43-28-16-12-26(13-17-28)41-25-10-14-27(15-11-25)42-35(51)24-9-18-31-32(23-24)34(50)30-8-6-5-7-29(30)33(31)49/h5-18,23,41H,19-22H2,1-4H3,(H,42,51)(H3,39,40,43,44,45,46). The molecule has 0 spiro atoms. The second-order valence-electron chi connectivity index (χ2n) is 12.6. The lowest BCUT2D eigenvalue weighted by Crippen LogP contribution is -2.23. The zero-order valence-corrected chi connectivity index (χ0v) is 28.9. The summed E-state index contributed by atoms with van der Waals surface area (Å²) in [6, 6.07) is 26.3. The number of ketones is 2. The minimum absolute atomic E-state index is 0.223. The van der Waals surface area contributed by atoms with Crippen LogP contribution in [-0.4, -0.2) is 96.6 Å². The summed E-state index contributed by atoms with van der Waals surface area (Å²) in [6.45, 7) is 3.05. The van der Waals surface area contributed by atoms with Crippen LogP contribution in [0.15, 0.2) is 91.0 Å². The van der Waals surface area contributed by atoms with E-state index in [1.165, 1.54) is 6.07 Å². The molecule has 0 aliphatic heterocycles. The first-order valence-corrected chi connectivity index (χ1v) is 16.5. The van der Waals surface area contributed by atoms with E-state index in [4.69, 9.17) is 0 Å². The van der Waals surface area contributed by atoms with Gasteiger partial charge in [0.05, 0.1) is 0 Å². The SMILES string of the molecule is CN(C)CCNc1nc(NCCN(C)C)nc(Nc2ccc(Nc3ccc(NC(=O)c4ccc5c(c4)C(=O)c4ccccc4C5=O)cc3)cc2)n1. The number of fused-ring (bicyclic) bond motifs is 2. The number of anilines is 7. The molecule has 5 aromatic rings. The molecule has 0 bridgehead atoms. The fraction of sp³-hybridized carbons (Fsp3) is 0.211. The zero-order chi connectivity index (χ0) is 35.9. The van der Waals surface area contributed by atoms with Crippen LogP contribution in [0.1, 0.15) is 42.2 Å². The fourth-order valence-corrected chi connectivity index (χ4v) is 5.39. The van der Waals surface area contributed by atoms with Crippen molar-refractivity contribution >= 4 is 58.1 Å². The van der Waals surface area contributed by atoms with Gasteiger partial charge in [0.15, 0.2) is 11.6 Å². The van der Waals surface area contributed by atoms with E-state index in [1.807, 2.05) is 64.6 Å². The van der Waals surface area contributed by atoms with Gasteiger partial charge < -0.3 is 36.4 Å². The van der Waals surface area contributed by atoms with Crippen LogP contribution >= 0.6 is 0 Å². The molecule has 13 heteroatoms. The van der Waals surface area contributed by atoms with Crippen molar-refractivity contribution in [2.24, 2.45) is 0 Å². The molecule has 1 aliphatic rings. The Morgan fingerprint density at radius 2 is 1.00 bits per heavy atom. The maximum Gasteiger partial charge on any atom is 0.255 e. The Hall–Kier alpha value is -6.18. The second kappa shape index (κ2) is 15.6. The lowest BCUT2D eigenvalue weighted by Gasteiger charge is -2.18. The van der Waals surface area contributed by atoms with Gasteiger partial charge in [-0.2, -0.15) is 15.0 Å². The van der Waals surface area contributed by atoms with Gasteiger partial charge in [0.2, 0.25) is 17.8 Å². The monoisotopic (exact) mass is 684 g/mol. The van der Waals surface area contributed by atoms with Gasteiger partial charge in [-0.05, 0) is 94.9 Å². The number of nitrogens with one attached hydrogen (secondary N) is 5. The Bertz CT molecular complexity index is 2010. The third-order valence-corrected chi connectivity index (χ3v) is 8.08. The number of hydrogen-bond donors (Lipinski definition) is 5. The third-order valence-electron chi connectivity index (χ3n) is 8.08. The number of benzene rings is 4. The summed E-state index contributed by atoms with van der Waals surface area (Å²) in [6.07, 6.45) is 0. The molecule has 0 saturated heterocycles. The summed E-state index contributed by atoms with van der Waals surface area (Å²) < 4.78 is 0. The molecule has 1 aromatic heterocycles. The maximum absolute atomic E-state index is 13.1. The Kier molecular flexibility index (Phi) is 10.6. The van der Waals surface area contributed by atoms with Crippen molar-refractivity contribution in [3.05, 3.63) is 119 Å². The molecule has 6 rings (SSSR count). The molecule has 0 unspecified atom stereocenters. The summed E-state index contributed by atoms with van der Waals surface area (Å²) in [5.41, 5.74) is 4.62. The van der Waals surface area contributed by atoms with Gasteiger partial charge in [-0.3, -0.25) is 14.4 Å². The Balaban J connectivity index is 1.06. The summed E-state index contributed by atoms with van der Waals surface area (Å²) in [5, 5.41) is 16.0. The van der Waals surface area contributed by atoms with E-state index in [0.29, 0.717) is 53.3 Å². The lowest BCUT2D eigenvalue weighted by molar-refractivity contribution is 0.0978. The Morgan fingerprint density at radius 3 is 1.53 bits per heavy atom. The molecular formula is C38H40N10O3. The lowest BCUT2D eigenvalue weighted by atomic mass is 9.83. The minimum Gasteiger partial charge on any atom is -0.356 e. The van der Waals surface area contributed by atoms with Crippen molar-refractivity contribution in [1.82, 2.24) is 24.8 Å². The summed E-state index contributed by atoms with van der Waals surface area (Å²) in [5.74, 6) is 0.519. The highest BCUT2D eigenvalue weighted by molar-refractivity contribution is 6.28. The van der Waals surface area contributed by atoms with Crippen molar-refractivity contribution in [2.45, 2.75) is 0 Å². The highest BCUT2D eigenvalue weighted by Crippen LogP contribution is 2.28. The van der Waals surface area contributed by atoms with E-state index in [0.717, 1.165) is 30.2 Å². The minimum atomic E-state index is -0.383. The highest BCUT2D eigenvalue weighted by atomic mass is 16.2. The average molecular weight is 685 g/mol.